The molecule has 1 fully saturated rings. The van der Waals surface area contributed by atoms with E-state index < -0.39 is 5.60 Å². The van der Waals surface area contributed by atoms with Crippen LogP contribution in [0.1, 0.15) is 51.1 Å². The van der Waals surface area contributed by atoms with E-state index in [2.05, 4.69) is 17.3 Å². The van der Waals surface area contributed by atoms with Gasteiger partial charge in [0.25, 0.3) is 0 Å². The molecule has 4 nitrogen and oxygen atoms in total. The zero-order chi connectivity index (χ0) is 13.7. The average molecular weight is 265 g/mol. The molecule has 0 radical (unpaired) electrons. The lowest BCUT2D eigenvalue weighted by Gasteiger charge is -2.36. The average Bonchev–Trinajstić information content (AvgIpc) is 2.82. The Bertz CT molecular complexity index is 380. The lowest BCUT2D eigenvalue weighted by atomic mass is 9.79. The maximum Gasteiger partial charge on any atom is 0.0652 e. The van der Waals surface area contributed by atoms with Gasteiger partial charge in [0.2, 0.25) is 0 Å². The maximum atomic E-state index is 10.6. The minimum absolute atomic E-state index is 0.464. The van der Waals surface area contributed by atoms with E-state index in [9.17, 15) is 5.11 Å². The monoisotopic (exact) mass is 265 g/mol. The second-order valence-corrected chi connectivity index (χ2v) is 5.90. The van der Waals surface area contributed by atoms with Crippen LogP contribution in [-0.4, -0.2) is 33.1 Å². The van der Waals surface area contributed by atoms with Gasteiger partial charge in [0, 0.05) is 25.0 Å². The van der Waals surface area contributed by atoms with E-state index in [1.807, 2.05) is 24.0 Å². The fourth-order valence-corrected chi connectivity index (χ4v) is 2.97. The summed E-state index contributed by atoms with van der Waals surface area (Å²) in [6.07, 6.45) is 8.82. The Balaban J connectivity index is 1.77. The Kier molecular flexibility index (Phi) is 4.99. The molecule has 0 amide bonds. The predicted molar refractivity (Wildman–Crippen MR) is 77.0 cm³/mol. The molecular weight excluding hydrogens is 238 g/mol. The molecular formula is C15H27N3O. The molecule has 108 valence electrons. The summed E-state index contributed by atoms with van der Waals surface area (Å²) in [5.41, 5.74) is 0.744. The van der Waals surface area contributed by atoms with Gasteiger partial charge in [-0.15, -0.1) is 0 Å². The molecule has 19 heavy (non-hydrogen) atoms. The Morgan fingerprint density at radius 2 is 2.21 bits per heavy atom. The third kappa shape index (κ3) is 4.05. The highest BCUT2D eigenvalue weighted by Crippen LogP contribution is 2.32. The zero-order valence-electron chi connectivity index (χ0n) is 12.2. The fraction of sp³-hybridized carbons (Fsp3) is 0.800. The summed E-state index contributed by atoms with van der Waals surface area (Å²) >= 11 is 0. The Morgan fingerprint density at radius 3 is 2.79 bits per heavy atom. The summed E-state index contributed by atoms with van der Waals surface area (Å²) in [6.45, 7) is 3.29. The van der Waals surface area contributed by atoms with Crippen molar-refractivity contribution in [2.24, 2.45) is 7.05 Å². The molecule has 0 unspecified atom stereocenters. The molecule has 0 saturated heterocycles. The quantitative estimate of drug-likeness (QED) is 0.827. The molecule has 1 aromatic heterocycles. The minimum atomic E-state index is -0.464. The van der Waals surface area contributed by atoms with Crippen LogP contribution < -0.4 is 5.32 Å². The highest BCUT2D eigenvalue weighted by Gasteiger charge is 2.32. The maximum absolute atomic E-state index is 10.6. The number of nitrogens with zero attached hydrogens (tertiary/aromatic N) is 2. The summed E-state index contributed by atoms with van der Waals surface area (Å²) in [7, 11) is 1.96. The molecule has 1 saturated carbocycles. The van der Waals surface area contributed by atoms with Gasteiger partial charge >= 0.3 is 0 Å². The standard InChI is InChI=1S/C15H27N3O/c1-3-11-16-13-4-8-15(19,9-5-13)10-6-14-7-12-17-18(14)2/h7,12-13,16,19H,3-6,8-11H2,1-2H3. The smallest absolute Gasteiger partial charge is 0.0652 e. The van der Waals surface area contributed by atoms with Gasteiger partial charge in [-0.3, -0.25) is 4.68 Å². The first-order valence-corrected chi connectivity index (χ1v) is 7.55. The molecule has 0 atom stereocenters. The molecule has 0 aromatic carbocycles. The predicted octanol–water partition coefficient (Wildman–Crippen LogP) is 2.03. The lowest BCUT2D eigenvalue weighted by molar-refractivity contribution is -0.0109. The summed E-state index contributed by atoms with van der Waals surface area (Å²) in [6, 6.07) is 2.65. The number of rotatable bonds is 6. The molecule has 0 aliphatic heterocycles. The number of aliphatic hydroxyl groups is 1. The molecule has 1 aliphatic rings. The van der Waals surface area contributed by atoms with Crippen molar-refractivity contribution in [1.29, 1.82) is 0 Å². The van der Waals surface area contributed by atoms with Gasteiger partial charge in [0.1, 0.15) is 0 Å². The van der Waals surface area contributed by atoms with Gasteiger partial charge in [-0.1, -0.05) is 6.92 Å². The Hall–Kier alpha value is -0.870. The molecule has 0 bridgehead atoms. The minimum Gasteiger partial charge on any atom is -0.390 e. The zero-order valence-corrected chi connectivity index (χ0v) is 12.2. The van der Waals surface area contributed by atoms with Crippen molar-refractivity contribution < 1.29 is 5.11 Å². The Morgan fingerprint density at radius 1 is 1.47 bits per heavy atom. The molecule has 1 aromatic rings. The van der Waals surface area contributed by atoms with Gasteiger partial charge < -0.3 is 10.4 Å². The van der Waals surface area contributed by atoms with E-state index >= 15 is 0 Å². The number of hydrogen-bond donors (Lipinski definition) is 2. The molecule has 4 heteroatoms. The van der Waals surface area contributed by atoms with Crippen molar-refractivity contribution in [2.45, 2.75) is 63.5 Å². The topological polar surface area (TPSA) is 50.1 Å². The number of aromatic nitrogens is 2. The first-order chi connectivity index (χ1) is 9.13. The van der Waals surface area contributed by atoms with Crippen molar-refractivity contribution in [3.05, 3.63) is 18.0 Å². The van der Waals surface area contributed by atoms with Crippen LogP contribution in [0.5, 0.6) is 0 Å². The third-order valence-corrected chi connectivity index (χ3v) is 4.37. The number of nitrogens with one attached hydrogen (secondary N) is 1. The van der Waals surface area contributed by atoms with E-state index in [1.54, 1.807) is 0 Å². The summed E-state index contributed by atoms with van der Waals surface area (Å²) in [4.78, 5) is 0. The van der Waals surface area contributed by atoms with Crippen molar-refractivity contribution in [3.8, 4) is 0 Å². The van der Waals surface area contributed by atoms with Crippen molar-refractivity contribution >= 4 is 0 Å². The van der Waals surface area contributed by atoms with Crippen LogP contribution in [0.4, 0.5) is 0 Å². The first kappa shape index (κ1) is 14.5. The normalized spacial score (nSPS) is 27.6. The fourth-order valence-electron chi connectivity index (χ4n) is 2.97. The number of aryl methyl sites for hydroxylation is 2. The van der Waals surface area contributed by atoms with E-state index in [4.69, 9.17) is 0 Å². The third-order valence-electron chi connectivity index (χ3n) is 4.37. The summed E-state index contributed by atoms with van der Waals surface area (Å²) in [5, 5.41) is 18.4. The Labute approximate surface area is 116 Å². The second kappa shape index (κ2) is 6.53. The molecule has 1 heterocycles. The van der Waals surface area contributed by atoms with Crippen molar-refractivity contribution in [3.63, 3.8) is 0 Å². The molecule has 2 rings (SSSR count). The van der Waals surface area contributed by atoms with Gasteiger partial charge in [0.05, 0.1) is 5.60 Å². The van der Waals surface area contributed by atoms with Crippen molar-refractivity contribution in [2.75, 3.05) is 6.54 Å². The van der Waals surface area contributed by atoms with Gasteiger partial charge in [0.15, 0.2) is 0 Å². The van der Waals surface area contributed by atoms with E-state index in [0.29, 0.717) is 6.04 Å². The molecule has 1 aliphatic carbocycles. The highest BCUT2D eigenvalue weighted by atomic mass is 16.3. The van der Waals surface area contributed by atoms with Crippen LogP contribution in [-0.2, 0) is 13.5 Å². The number of hydrogen-bond acceptors (Lipinski definition) is 3. The van der Waals surface area contributed by atoms with E-state index in [1.165, 1.54) is 12.1 Å². The van der Waals surface area contributed by atoms with Gasteiger partial charge in [-0.25, -0.2) is 0 Å². The van der Waals surface area contributed by atoms with Crippen molar-refractivity contribution in [1.82, 2.24) is 15.1 Å². The first-order valence-electron chi connectivity index (χ1n) is 7.55. The van der Waals surface area contributed by atoms with Crippen LogP contribution in [0.15, 0.2) is 12.3 Å². The van der Waals surface area contributed by atoms with E-state index in [-0.39, 0.29) is 0 Å². The van der Waals surface area contributed by atoms with Crippen LogP contribution in [0.3, 0.4) is 0 Å². The van der Waals surface area contributed by atoms with Gasteiger partial charge in [-0.05, 0) is 57.6 Å². The summed E-state index contributed by atoms with van der Waals surface area (Å²) < 4.78 is 1.90. The van der Waals surface area contributed by atoms with Gasteiger partial charge in [-0.2, -0.15) is 5.10 Å². The highest BCUT2D eigenvalue weighted by molar-refractivity contribution is 5.02. The molecule has 0 spiro atoms. The largest absolute Gasteiger partial charge is 0.390 e. The van der Waals surface area contributed by atoms with Crippen LogP contribution >= 0.6 is 0 Å². The molecule has 2 N–H and O–H groups in total. The SMILES string of the molecule is CCCNC1CCC(O)(CCc2ccnn2C)CC1. The van der Waals surface area contributed by atoms with Crippen LogP contribution in [0, 0.1) is 0 Å². The lowest BCUT2D eigenvalue weighted by Crippen LogP contribution is -2.41. The van der Waals surface area contributed by atoms with Crippen LogP contribution in [0.2, 0.25) is 0 Å². The van der Waals surface area contributed by atoms with E-state index in [0.717, 1.165) is 45.1 Å². The van der Waals surface area contributed by atoms with Crippen LogP contribution in [0.25, 0.3) is 0 Å². The second-order valence-electron chi connectivity index (χ2n) is 5.90. The summed E-state index contributed by atoms with van der Waals surface area (Å²) in [5.74, 6) is 0.